The van der Waals surface area contributed by atoms with Crippen LogP contribution in [0.2, 0.25) is 0 Å². The maximum absolute atomic E-state index is 12.2. The molecular weight excluding hydrogens is 334 g/mol. The number of likely N-dealkylation sites (tertiary alicyclic amines) is 1. The minimum atomic E-state index is -0.0516. The Balaban J connectivity index is 1.37. The lowest BCUT2D eigenvalue weighted by Gasteiger charge is -2.20. The van der Waals surface area contributed by atoms with E-state index in [9.17, 15) is 9.59 Å². The highest BCUT2D eigenvalue weighted by Crippen LogP contribution is 2.21. The summed E-state index contributed by atoms with van der Waals surface area (Å²) >= 11 is 1.66. The number of nitrogens with zero attached hydrogens (tertiary/aromatic N) is 2. The molecule has 5 nitrogen and oxygen atoms in total. The molecule has 0 unspecified atom stereocenters. The number of hydrogen-bond donors (Lipinski definition) is 1. The standard InChI is InChI=1S/C19H25N3O2S/c23-17(9-10-19(24)22-13-5-1-2-6-14-22)20-12-11-18-21-15-7-3-4-8-16(15)25-18/h3-4,7-8H,1-2,5-6,9-14H2,(H,20,23). The van der Waals surface area contributed by atoms with Gasteiger partial charge in [0, 0.05) is 38.9 Å². The molecule has 25 heavy (non-hydrogen) atoms. The minimum absolute atomic E-state index is 0.0516. The van der Waals surface area contributed by atoms with Crippen LogP contribution in [0.15, 0.2) is 24.3 Å². The van der Waals surface area contributed by atoms with E-state index in [0.717, 1.165) is 42.9 Å². The van der Waals surface area contributed by atoms with E-state index >= 15 is 0 Å². The Morgan fingerprint density at radius 2 is 1.84 bits per heavy atom. The number of para-hydroxylation sites is 1. The van der Waals surface area contributed by atoms with Crippen molar-refractivity contribution in [2.75, 3.05) is 19.6 Å². The summed E-state index contributed by atoms with van der Waals surface area (Å²) in [4.78, 5) is 30.6. The van der Waals surface area contributed by atoms with E-state index in [1.54, 1.807) is 11.3 Å². The van der Waals surface area contributed by atoms with E-state index in [2.05, 4.69) is 16.4 Å². The first-order valence-electron chi connectivity index (χ1n) is 9.11. The Labute approximate surface area is 152 Å². The van der Waals surface area contributed by atoms with E-state index in [1.165, 1.54) is 17.5 Å². The molecule has 0 aliphatic carbocycles. The number of fused-ring (bicyclic) bond motifs is 1. The number of carbonyl (C=O) groups is 2. The zero-order chi connectivity index (χ0) is 17.5. The first kappa shape index (κ1) is 17.9. The van der Waals surface area contributed by atoms with Crippen LogP contribution in [0, 0.1) is 0 Å². The molecule has 1 aromatic carbocycles. The van der Waals surface area contributed by atoms with Gasteiger partial charge in [-0.2, -0.15) is 0 Å². The van der Waals surface area contributed by atoms with E-state index in [0.29, 0.717) is 13.0 Å². The number of thiazole rings is 1. The zero-order valence-corrected chi connectivity index (χ0v) is 15.3. The van der Waals surface area contributed by atoms with Crippen LogP contribution in [0.4, 0.5) is 0 Å². The molecule has 0 radical (unpaired) electrons. The number of rotatable bonds is 6. The van der Waals surface area contributed by atoms with Gasteiger partial charge in [-0.25, -0.2) is 4.98 Å². The Morgan fingerprint density at radius 3 is 2.60 bits per heavy atom. The quantitative estimate of drug-likeness (QED) is 0.862. The molecule has 0 spiro atoms. The number of aromatic nitrogens is 1. The fourth-order valence-electron chi connectivity index (χ4n) is 3.12. The maximum atomic E-state index is 12.2. The van der Waals surface area contributed by atoms with Gasteiger partial charge in [0.15, 0.2) is 0 Å². The molecule has 1 N–H and O–H groups in total. The van der Waals surface area contributed by atoms with Crippen molar-refractivity contribution in [3.8, 4) is 0 Å². The summed E-state index contributed by atoms with van der Waals surface area (Å²) in [7, 11) is 0. The first-order valence-corrected chi connectivity index (χ1v) is 9.93. The predicted octanol–water partition coefficient (Wildman–Crippen LogP) is 3.14. The molecule has 3 rings (SSSR count). The number of carbonyl (C=O) groups excluding carboxylic acids is 2. The lowest BCUT2D eigenvalue weighted by molar-refractivity contribution is -0.133. The molecule has 6 heteroatoms. The van der Waals surface area contributed by atoms with Gasteiger partial charge in [-0.05, 0) is 25.0 Å². The Bertz CT molecular complexity index is 687. The SMILES string of the molecule is O=C(CCC(=O)N1CCCCCC1)NCCc1nc2ccccc2s1. The molecule has 1 aliphatic heterocycles. The molecule has 2 amide bonds. The van der Waals surface area contributed by atoms with Crippen LogP contribution < -0.4 is 5.32 Å². The van der Waals surface area contributed by atoms with Crippen molar-refractivity contribution < 1.29 is 9.59 Å². The zero-order valence-electron chi connectivity index (χ0n) is 14.5. The van der Waals surface area contributed by atoms with E-state index in [1.807, 2.05) is 23.1 Å². The van der Waals surface area contributed by atoms with Crippen LogP contribution in [-0.4, -0.2) is 41.3 Å². The van der Waals surface area contributed by atoms with Gasteiger partial charge in [0.2, 0.25) is 11.8 Å². The summed E-state index contributed by atoms with van der Waals surface area (Å²) < 4.78 is 1.17. The second-order valence-corrected chi connectivity index (χ2v) is 7.59. The fourth-order valence-corrected chi connectivity index (χ4v) is 4.09. The van der Waals surface area contributed by atoms with Crippen molar-refractivity contribution in [2.24, 2.45) is 0 Å². The van der Waals surface area contributed by atoms with E-state index in [4.69, 9.17) is 0 Å². The molecule has 2 aromatic rings. The molecule has 2 heterocycles. The van der Waals surface area contributed by atoms with Crippen molar-refractivity contribution in [1.29, 1.82) is 0 Å². The molecule has 0 bridgehead atoms. The fraction of sp³-hybridized carbons (Fsp3) is 0.526. The highest BCUT2D eigenvalue weighted by atomic mass is 32.1. The van der Waals surface area contributed by atoms with Crippen molar-refractivity contribution in [3.05, 3.63) is 29.3 Å². The maximum Gasteiger partial charge on any atom is 0.223 e. The van der Waals surface area contributed by atoms with Crippen LogP contribution in [0.1, 0.15) is 43.5 Å². The summed E-state index contributed by atoms with van der Waals surface area (Å²) in [6.45, 7) is 2.26. The van der Waals surface area contributed by atoms with Gasteiger partial charge in [0.1, 0.15) is 0 Å². The van der Waals surface area contributed by atoms with Crippen LogP contribution in [0.25, 0.3) is 10.2 Å². The molecule has 1 aliphatic rings. The molecule has 0 saturated carbocycles. The third kappa shape index (κ3) is 5.26. The summed E-state index contributed by atoms with van der Waals surface area (Å²) in [5, 5.41) is 3.93. The van der Waals surface area contributed by atoms with Gasteiger partial charge in [-0.15, -0.1) is 11.3 Å². The summed E-state index contributed by atoms with van der Waals surface area (Å²) in [6, 6.07) is 8.05. The molecular formula is C19H25N3O2S. The smallest absolute Gasteiger partial charge is 0.223 e. The average Bonchev–Trinajstić information content (AvgIpc) is 2.84. The number of hydrogen-bond acceptors (Lipinski definition) is 4. The lowest BCUT2D eigenvalue weighted by atomic mass is 10.2. The normalized spacial score (nSPS) is 15.1. The van der Waals surface area contributed by atoms with Crippen molar-refractivity contribution >= 4 is 33.4 Å². The van der Waals surface area contributed by atoms with Crippen molar-refractivity contribution in [2.45, 2.75) is 44.9 Å². The second kappa shape index (κ2) is 8.94. The van der Waals surface area contributed by atoms with Gasteiger partial charge < -0.3 is 10.2 Å². The van der Waals surface area contributed by atoms with Gasteiger partial charge in [-0.3, -0.25) is 9.59 Å². The molecule has 1 saturated heterocycles. The molecule has 1 fully saturated rings. The largest absolute Gasteiger partial charge is 0.356 e. The third-order valence-electron chi connectivity index (χ3n) is 4.52. The third-order valence-corrected chi connectivity index (χ3v) is 5.62. The number of nitrogens with one attached hydrogen (secondary N) is 1. The van der Waals surface area contributed by atoms with E-state index < -0.39 is 0 Å². The van der Waals surface area contributed by atoms with Gasteiger partial charge in [0.05, 0.1) is 15.2 Å². The van der Waals surface area contributed by atoms with E-state index in [-0.39, 0.29) is 18.2 Å². The molecule has 0 atom stereocenters. The van der Waals surface area contributed by atoms with Crippen LogP contribution >= 0.6 is 11.3 Å². The summed E-state index contributed by atoms with van der Waals surface area (Å²) in [5.41, 5.74) is 1.01. The predicted molar refractivity (Wildman–Crippen MR) is 101 cm³/mol. The second-order valence-electron chi connectivity index (χ2n) is 6.47. The van der Waals surface area contributed by atoms with Crippen molar-refractivity contribution in [3.63, 3.8) is 0 Å². The highest BCUT2D eigenvalue weighted by Gasteiger charge is 2.16. The van der Waals surface area contributed by atoms with Gasteiger partial charge in [0.25, 0.3) is 0 Å². The Kier molecular flexibility index (Phi) is 6.39. The summed E-state index contributed by atoms with van der Waals surface area (Å²) in [6.07, 6.45) is 5.89. The Morgan fingerprint density at radius 1 is 1.08 bits per heavy atom. The number of benzene rings is 1. The van der Waals surface area contributed by atoms with Crippen molar-refractivity contribution in [1.82, 2.24) is 15.2 Å². The van der Waals surface area contributed by atoms with Crippen LogP contribution in [0.3, 0.4) is 0 Å². The molecule has 1 aromatic heterocycles. The topological polar surface area (TPSA) is 62.3 Å². The lowest BCUT2D eigenvalue weighted by Crippen LogP contribution is -2.33. The number of amides is 2. The monoisotopic (exact) mass is 359 g/mol. The van der Waals surface area contributed by atoms with Crippen LogP contribution in [0.5, 0.6) is 0 Å². The average molecular weight is 359 g/mol. The highest BCUT2D eigenvalue weighted by molar-refractivity contribution is 7.18. The Hall–Kier alpha value is -1.95. The van der Waals surface area contributed by atoms with Crippen LogP contribution in [-0.2, 0) is 16.0 Å². The first-order chi connectivity index (χ1) is 12.2. The molecule has 134 valence electrons. The van der Waals surface area contributed by atoms with Gasteiger partial charge >= 0.3 is 0 Å². The minimum Gasteiger partial charge on any atom is -0.356 e. The van der Waals surface area contributed by atoms with Gasteiger partial charge in [-0.1, -0.05) is 25.0 Å². The summed E-state index contributed by atoms with van der Waals surface area (Å²) in [5.74, 6) is 0.0625.